The van der Waals surface area contributed by atoms with Gasteiger partial charge in [0.25, 0.3) is 5.91 Å². The number of amides is 2. The van der Waals surface area contributed by atoms with Crippen LogP contribution < -0.4 is 15.4 Å². The molecule has 2 N–H and O–H groups in total. The summed E-state index contributed by atoms with van der Waals surface area (Å²) >= 11 is 18.3. The summed E-state index contributed by atoms with van der Waals surface area (Å²) in [7, 11) is 0. The Bertz CT molecular complexity index is 1120. The number of halogens is 3. The lowest BCUT2D eigenvalue weighted by atomic mass is 9.67. The van der Waals surface area contributed by atoms with E-state index >= 15 is 0 Å². The third-order valence-corrected chi connectivity index (χ3v) is 8.25. The molecule has 1 unspecified atom stereocenters. The molecule has 0 bridgehead atoms. The van der Waals surface area contributed by atoms with E-state index in [-0.39, 0.29) is 27.1 Å². The third-order valence-electron chi connectivity index (χ3n) is 7.23. The Morgan fingerprint density at radius 3 is 2.11 bits per heavy atom. The van der Waals surface area contributed by atoms with Gasteiger partial charge in [0.15, 0.2) is 6.10 Å². The number of hydrogen-bond acceptors (Lipinski definition) is 3. The fourth-order valence-electron chi connectivity index (χ4n) is 4.81. The van der Waals surface area contributed by atoms with E-state index in [2.05, 4.69) is 31.4 Å². The average Bonchev–Trinajstić information content (AvgIpc) is 2.79. The van der Waals surface area contributed by atoms with Crippen molar-refractivity contribution < 1.29 is 14.3 Å². The van der Waals surface area contributed by atoms with Gasteiger partial charge in [0.2, 0.25) is 5.91 Å². The molecule has 0 saturated heterocycles. The zero-order valence-corrected chi connectivity index (χ0v) is 24.0. The summed E-state index contributed by atoms with van der Waals surface area (Å²) in [6, 6.07) is 8.83. The van der Waals surface area contributed by atoms with Crippen LogP contribution in [0.3, 0.4) is 0 Å². The molecule has 0 aromatic heterocycles. The van der Waals surface area contributed by atoms with Gasteiger partial charge in [-0.2, -0.15) is 0 Å². The van der Waals surface area contributed by atoms with Gasteiger partial charge in [0.05, 0.1) is 15.1 Å². The van der Waals surface area contributed by atoms with Crippen LogP contribution in [0.5, 0.6) is 5.75 Å². The number of hydrogen-bond donors (Lipinski definition) is 2. The smallest absolute Gasteiger partial charge is 0.261 e. The first-order valence-corrected chi connectivity index (χ1v) is 13.4. The highest BCUT2D eigenvalue weighted by molar-refractivity contribution is 6.43. The molecule has 2 aromatic carbocycles. The zero-order valence-electron chi connectivity index (χ0n) is 21.7. The van der Waals surface area contributed by atoms with Crippen molar-refractivity contribution in [1.82, 2.24) is 5.32 Å². The molecule has 8 heteroatoms. The number of nitrogens with one attached hydrogen (secondary N) is 2. The molecule has 36 heavy (non-hydrogen) atoms. The van der Waals surface area contributed by atoms with Crippen molar-refractivity contribution >= 4 is 52.3 Å². The summed E-state index contributed by atoms with van der Waals surface area (Å²) in [5, 5.41) is 6.98. The van der Waals surface area contributed by atoms with Crippen LogP contribution in [0.2, 0.25) is 15.1 Å². The molecule has 1 aliphatic rings. The Morgan fingerprint density at radius 1 is 1.00 bits per heavy atom. The minimum absolute atomic E-state index is 0.125. The summed E-state index contributed by atoms with van der Waals surface area (Å²) in [6.07, 6.45) is 1.83. The van der Waals surface area contributed by atoms with Gasteiger partial charge in [-0.1, -0.05) is 73.8 Å². The van der Waals surface area contributed by atoms with E-state index in [0.717, 1.165) is 29.7 Å². The van der Waals surface area contributed by atoms with Crippen molar-refractivity contribution in [3.8, 4) is 5.75 Å². The van der Waals surface area contributed by atoms with E-state index in [1.54, 1.807) is 6.92 Å². The highest BCUT2D eigenvalue weighted by Crippen LogP contribution is 2.42. The topological polar surface area (TPSA) is 67.4 Å². The molecule has 1 saturated carbocycles. The van der Waals surface area contributed by atoms with E-state index in [0.29, 0.717) is 23.8 Å². The van der Waals surface area contributed by atoms with Gasteiger partial charge in [-0.05, 0) is 75.0 Å². The Morgan fingerprint density at radius 2 is 1.56 bits per heavy atom. The number of anilines is 1. The largest absolute Gasteiger partial charge is 0.479 e. The normalized spacial score (nSPS) is 21.0. The van der Waals surface area contributed by atoms with Crippen LogP contribution in [0.4, 0.5) is 5.69 Å². The lowest BCUT2D eigenvalue weighted by Gasteiger charge is -2.43. The van der Waals surface area contributed by atoms with Crippen LogP contribution in [0.25, 0.3) is 0 Å². The Hall–Kier alpha value is -1.95. The van der Waals surface area contributed by atoms with E-state index in [9.17, 15) is 9.59 Å². The maximum atomic E-state index is 13.8. The second kappa shape index (κ2) is 11.2. The molecular formula is C28H35Cl3N2O3. The molecule has 2 amide bonds. The van der Waals surface area contributed by atoms with E-state index < -0.39 is 17.6 Å². The molecule has 5 nitrogen and oxygen atoms in total. The highest BCUT2D eigenvalue weighted by atomic mass is 35.5. The maximum absolute atomic E-state index is 13.8. The molecule has 196 valence electrons. The number of aryl methyl sites for hydroxylation is 2. The lowest BCUT2D eigenvalue weighted by Crippen LogP contribution is -2.61. The van der Waals surface area contributed by atoms with Crippen LogP contribution in [0.15, 0.2) is 30.3 Å². The minimum Gasteiger partial charge on any atom is -0.479 e. The molecule has 1 atom stereocenters. The summed E-state index contributed by atoms with van der Waals surface area (Å²) in [6.45, 7) is 12.2. The van der Waals surface area contributed by atoms with Crippen molar-refractivity contribution in [3.05, 3.63) is 56.5 Å². The van der Waals surface area contributed by atoms with Crippen LogP contribution >= 0.6 is 34.8 Å². The van der Waals surface area contributed by atoms with Gasteiger partial charge in [-0.3, -0.25) is 9.59 Å². The van der Waals surface area contributed by atoms with Gasteiger partial charge >= 0.3 is 0 Å². The SMILES string of the molecule is Cc1cccc(C)c1NC(=O)C1(NC(=O)C(C)Oc2cc(Cl)c(Cl)cc2Cl)CCC(C(C)(C)C)CC1. The standard InChI is InChI=1S/C28H35Cl3N2O3/c1-16-8-7-9-17(2)24(16)32-26(35)28(12-10-19(11-13-28)27(4,5)6)33-25(34)18(3)36-23-15-21(30)20(29)14-22(23)31/h7-9,14-15,18-19H,10-13H2,1-6H3,(H,32,35)(H,33,34). The first kappa shape index (κ1) is 28.6. The Labute approximate surface area is 229 Å². The predicted molar refractivity (Wildman–Crippen MR) is 148 cm³/mol. The molecule has 0 spiro atoms. The number of rotatable bonds is 6. The molecule has 0 aliphatic heterocycles. The molecule has 1 aliphatic carbocycles. The van der Waals surface area contributed by atoms with Gasteiger partial charge in [0, 0.05) is 11.8 Å². The van der Waals surface area contributed by atoms with E-state index in [1.165, 1.54) is 12.1 Å². The van der Waals surface area contributed by atoms with Gasteiger partial charge < -0.3 is 15.4 Å². The number of benzene rings is 2. The van der Waals surface area contributed by atoms with Crippen LogP contribution in [0.1, 0.15) is 64.5 Å². The molecule has 0 heterocycles. The van der Waals surface area contributed by atoms with Crippen molar-refractivity contribution in [3.63, 3.8) is 0 Å². The lowest BCUT2D eigenvalue weighted by molar-refractivity contribution is -0.136. The van der Waals surface area contributed by atoms with Crippen LogP contribution in [-0.2, 0) is 9.59 Å². The fraction of sp³-hybridized carbons (Fsp3) is 0.500. The number of para-hydroxylation sites is 1. The van der Waals surface area contributed by atoms with Crippen molar-refractivity contribution in [2.75, 3.05) is 5.32 Å². The monoisotopic (exact) mass is 552 g/mol. The Balaban J connectivity index is 1.84. The molecule has 3 rings (SSSR count). The molecule has 1 fully saturated rings. The predicted octanol–water partition coefficient (Wildman–Crippen LogP) is 7.76. The van der Waals surface area contributed by atoms with Crippen molar-refractivity contribution in [2.45, 2.75) is 78.9 Å². The quantitative estimate of drug-likeness (QED) is 0.359. The van der Waals surface area contributed by atoms with Crippen LogP contribution in [0, 0.1) is 25.2 Å². The summed E-state index contributed by atoms with van der Waals surface area (Å²) in [4.78, 5) is 27.1. The average molecular weight is 554 g/mol. The first-order chi connectivity index (χ1) is 16.7. The van der Waals surface area contributed by atoms with Gasteiger partial charge in [0.1, 0.15) is 11.3 Å². The fourth-order valence-corrected chi connectivity index (χ4v) is 5.39. The number of carbonyl (C=O) groups is 2. The molecule has 2 aromatic rings. The summed E-state index contributed by atoms with van der Waals surface area (Å²) in [5.74, 6) is 0.0989. The second-order valence-electron chi connectivity index (χ2n) is 10.9. The number of carbonyl (C=O) groups excluding carboxylic acids is 2. The van der Waals surface area contributed by atoms with E-state index in [4.69, 9.17) is 39.5 Å². The van der Waals surface area contributed by atoms with Gasteiger partial charge in [-0.25, -0.2) is 0 Å². The molecular weight excluding hydrogens is 519 g/mol. The zero-order chi connectivity index (χ0) is 26.8. The highest BCUT2D eigenvalue weighted by Gasteiger charge is 2.46. The van der Waals surface area contributed by atoms with Crippen LogP contribution in [-0.4, -0.2) is 23.5 Å². The van der Waals surface area contributed by atoms with Crippen molar-refractivity contribution in [1.29, 1.82) is 0 Å². The summed E-state index contributed by atoms with van der Waals surface area (Å²) < 4.78 is 5.82. The minimum atomic E-state index is -1.05. The van der Waals surface area contributed by atoms with Gasteiger partial charge in [-0.15, -0.1) is 0 Å². The maximum Gasteiger partial charge on any atom is 0.261 e. The second-order valence-corrected chi connectivity index (χ2v) is 12.1. The van der Waals surface area contributed by atoms with E-state index in [1.807, 2.05) is 32.0 Å². The first-order valence-electron chi connectivity index (χ1n) is 12.2. The number of ether oxygens (including phenoxy) is 1. The third kappa shape index (κ3) is 6.48. The van der Waals surface area contributed by atoms with Crippen molar-refractivity contribution in [2.24, 2.45) is 11.3 Å². The summed E-state index contributed by atoms with van der Waals surface area (Å²) in [5.41, 5.74) is 1.80. The molecule has 0 radical (unpaired) electrons. The Kier molecular flexibility index (Phi) is 8.91.